The first-order valence-electron chi connectivity index (χ1n) is 48.5. The Kier molecular flexibility index (Phi) is 106. The van der Waals surface area contributed by atoms with E-state index >= 15 is 0 Å². The molecule has 2 rings (SSSR count). The van der Waals surface area contributed by atoms with Crippen LogP contribution in [0, 0.1) is 11.8 Å². The molecule has 2 atom stereocenters. The van der Waals surface area contributed by atoms with Crippen molar-refractivity contribution < 1.29 is 53.3 Å². The van der Waals surface area contributed by atoms with E-state index in [2.05, 4.69) is 91.8 Å². The standard InChI is InChI=1S/C19H38O.C19H36O.2C18H34O.C10H18O.C9H10O3.C8H8O2.C6H12O/c2*1-3-4-5-6-7-8-9-10-11-12-13-14-15-16-17-18-19(2)20;2*1-4-17(2)15-13-11-9-7-5-6-8-10-12-14-16-18(3)19;1-3-4-5-6-7-8-9-10(2)11;1-6(10)7-3-4-8(11)9(5-7)12-2;1-6(9)7-4-2-3-5-8(7)10;1-3-4-5-6(2)7/h3-18H2,1-2H3;6-7H,3-5,8-18H2,1-2H3;2*5,7,17H,4,6,8-16H2,1-3H3;8-9H,3-7H2,1-2H3;3-5,11H,1-2H3;2-5,10H,1H3;3-5H2,1-2H3/b;7-6-;2*7-5-;9-8+;;;/t;;17-;;;;;/m..0...../s1. The molecule has 0 fully saturated rings. The fourth-order valence-corrected chi connectivity index (χ4v) is 12.6. The van der Waals surface area contributed by atoms with Crippen LogP contribution < -0.4 is 4.74 Å². The maximum atomic E-state index is 10.9. The van der Waals surface area contributed by atoms with Gasteiger partial charge in [0.1, 0.15) is 34.7 Å². The number of Topliss-reactive ketones (excluding diaryl/α,β-unsaturated/α-hetero) is 7. The quantitative estimate of drug-likeness (QED) is 0.0278. The van der Waals surface area contributed by atoms with Crippen molar-refractivity contribution in [2.24, 2.45) is 11.8 Å². The molecule has 11 nitrogen and oxygen atoms in total. The molecular formula is C107H190O11. The number of hydrogen-bond donors (Lipinski definition) is 2. The SMILES string of the molecule is CC(=O)c1ccccc1O.CCC(C)CCCC/C=C\CCCCCCC(C)=O.CCCC/C=C\CCCCCCCCCCCC(C)=O.CCCCC(C)=O.CCCCCC/C=C/C(C)=O.CCCCCCCCCCCCCCCCCC(C)=O.CC[C@H](C)CCCC/C=C\CCCCCCC(C)=O.COc1cc(C(C)=O)ccc1O. The van der Waals surface area contributed by atoms with Crippen LogP contribution >= 0.6 is 0 Å². The summed E-state index contributed by atoms with van der Waals surface area (Å²) in [6, 6.07) is 11.0. The van der Waals surface area contributed by atoms with E-state index in [1.54, 1.807) is 71.9 Å². The molecule has 2 aromatic carbocycles. The molecule has 118 heavy (non-hydrogen) atoms. The van der Waals surface area contributed by atoms with E-state index in [1.165, 1.54) is 347 Å². The Morgan fingerprint density at radius 1 is 0.305 bits per heavy atom. The van der Waals surface area contributed by atoms with Crippen LogP contribution in [0.5, 0.6) is 17.2 Å². The summed E-state index contributed by atoms with van der Waals surface area (Å²) in [5, 5.41) is 18.2. The Morgan fingerprint density at radius 2 is 0.576 bits per heavy atom. The van der Waals surface area contributed by atoms with Crippen LogP contribution in [0.25, 0.3) is 0 Å². The molecule has 11 heteroatoms. The lowest BCUT2D eigenvalue weighted by Gasteiger charge is -2.06. The lowest BCUT2D eigenvalue weighted by Crippen LogP contribution is -1.92. The van der Waals surface area contributed by atoms with Crippen LogP contribution in [-0.4, -0.2) is 63.6 Å². The number of aromatic hydroxyl groups is 2. The lowest BCUT2D eigenvalue weighted by molar-refractivity contribution is -0.117. The average molecular weight is 1650 g/mol. The van der Waals surface area contributed by atoms with Crippen LogP contribution in [0.15, 0.2) is 91.1 Å². The fraction of sp³-hybridized carbons (Fsp3) is 0.738. The van der Waals surface area contributed by atoms with Gasteiger partial charge in [0.2, 0.25) is 0 Å². The molecule has 0 aromatic heterocycles. The monoisotopic (exact) mass is 1650 g/mol. The summed E-state index contributed by atoms with van der Waals surface area (Å²) in [4.78, 5) is 85.3. The Hall–Kier alpha value is -5.84. The third-order valence-corrected chi connectivity index (χ3v) is 20.9. The normalized spacial score (nSPS) is 11.2. The fourth-order valence-electron chi connectivity index (χ4n) is 12.6. The van der Waals surface area contributed by atoms with Gasteiger partial charge in [0, 0.05) is 37.7 Å². The number of phenolic OH excluding ortho intramolecular Hbond substituents is 2. The number of carbonyl (C=O) groups is 8. The minimum absolute atomic E-state index is 0.0440. The number of hydrogen-bond acceptors (Lipinski definition) is 11. The maximum absolute atomic E-state index is 10.9. The van der Waals surface area contributed by atoms with E-state index in [0.717, 1.165) is 88.9 Å². The Labute approximate surface area is 729 Å². The van der Waals surface area contributed by atoms with Crippen LogP contribution in [0.3, 0.4) is 0 Å². The Balaban J connectivity index is -0.000000309. The van der Waals surface area contributed by atoms with Crippen LogP contribution in [0.4, 0.5) is 0 Å². The summed E-state index contributed by atoms with van der Waals surface area (Å²) < 4.78 is 4.83. The second kappa shape index (κ2) is 102. The third kappa shape index (κ3) is 112. The van der Waals surface area contributed by atoms with Crippen molar-refractivity contribution in [3.63, 3.8) is 0 Å². The van der Waals surface area contributed by atoms with Gasteiger partial charge in [-0.2, -0.15) is 0 Å². The van der Waals surface area contributed by atoms with Gasteiger partial charge in [0.25, 0.3) is 0 Å². The number of para-hydroxylation sites is 1. The number of benzene rings is 2. The zero-order valence-electron chi connectivity index (χ0n) is 80.3. The van der Waals surface area contributed by atoms with E-state index in [4.69, 9.17) is 9.84 Å². The highest BCUT2D eigenvalue weighted by atomic mass is 16.5. The highest BCUT2D eigenvalue weighted by molar-refractivity contribution is 5.96. The number of rotatable bonds is 69. The number of unbranched alkanes of at least 4 members (excludes halogenated alkanes) is 42. The van der Waals surface area contributed by atoms with Gasteiger partial charge in [-0.1, -0.05) is 348 Å². The van der Waals surface area contributed by atoms with Crippen LogP contribution in [0.2, 0.25) is 0 Å². The summed E-state index contributed by atoms with van der Waals surface area (Å²) in [5.74, 6) is 3.87. The summed E-state index contributed by atoms with van der Waals surface area (Å²) in [5.41, 5.74) is 0.909. The van der Waals surface area contributed by atoms with Crippen molar-refractivity contribution in [1.82, 2.24) is 0 Å². The molecule has 684 valence electrons. The molecule has 2 N–H and O–H groups in total. The minimum atomic E-state index is -0.113. The number of ketones is 8. The minimum Gasteiger partial charge on any atom is -0.507 e. The largest absolute Gasteiger partial charge is 0.507 e. The van der Waals surface area contributed by atoms with Crippen molar-refractivity contribution in [3.8, 4) is 17.2 Å². The highest BCUT2D eigenvalue weighted by Crippen LogP contribution is 2.27. The Morgan fingerprint density at radius 3 is 0.839 bits per heavy atom. The highest BCUT2D eigenvalue weighted by Gasteiger charge is 2.07. The number of phenols is 2. The van der Waals surface area contributed by atoms with E-state index in [-0.39, 0.29) is 28.8 Å². The lowest BCUT2D eigenvalue weighted by atomic mass is 10.0. The first-order valence-corrected chi connectivity index (χ1v) is 48.5. The molecule has 0 radical (unpaired) electrons. The summed E-state index contributed by atoms with van der Waals surface area (Å²) in [7, 11) is 1.44. The summed E-state index contributed by atoms with van der Waals surface area (Å²) >= 11 is 0. The molecule has 0 saturated heterocycles. The second-order valence-electron chi connectivity index (χ2n) is 33.5. The molecule has 0 heterocycles. The predicted molar refractivity (Wildman–Crippen MR) is 513 cm³/mol. The van der Waals surface area contributed by atoms with E-state index in [1.807, 2.05) is 6.08 Å². The zero-order chi connectivity index (χ0) is 89.4. The summed E-state index contributed by atoms with van der Waals surface area (Å²) in [6.45, 7) is 30.9. The van der Waals surface area contributed by atoms with Crippen LogP contribution in [0.1, 0.15) is 517 Å². The molecule has 0 saturated carbocycles. The van der Waals surface area contributed by atoms with E-state index in [0.29, 0.717) is 45.8 Å². The van der Waals surface area contributed by atoms with E-state index in [9.17, 15) is 43.5 Å². The molecule has 1 unspecified atom stereocenters. The van der Waals surface area contributed by atoms with Crippen molar-refractivity contribution in [2.75, 3.05) is 7.11 Å². The molecule has 0 spiro atoms. The molecule has 0 aliphatic heterocycles. The number of carbonyl (C=O) groups excluding carboxylic acids is 8. The number of allylic oxidation sites excluding steroid dienone is 8. The van der Waals surface area contributed by atoms with Crippen molar-refractivity contribution >= 4 is 46.3 Å². The molecular weight excluding hydrogens is 1460 g/mol. The molecule has 2 aromatic rings. The molecule has 0 aliphatic rings. The van der Waals surface area contributed by atoms with Gasteiger partial charge in [0.15, 0.2) is 28.8 Å². The Bertz CT molecular complexity index is 2640. The first-order chi connectivity index (χ1) is 56.8. The van der Waals surface area contributed by atoms with Crippen molar-refractivity contribution in [2.45, 2.75) is 496 Å². The topological polar surface area (TPSA) is 186 Å². The van der Waals surface area contributed by atoms with Gasteiger partial charge in [0.05, 0.1) is 12.7 Å². The molecule has 0 aliphatic carbocycles. The number of methoxy groups -OCH3 is 1. The van der Waals surface area contributed by atoms with Crippen molar-refractivity contribution in [1.29, 1.82) is 0 Å². The maximum Gasteiger partial charge on any atom is 0.163 e. The van der Waals surface area contributed by atoms with Gasteiger partial charge in [-0.25, -0.2) is 0 Å². The van der Waals surface area contributed by atoms with Crippen LogP contribution in [-0.2, 0) is 28.8 Å². The van der Waals surface area contributed by atoms with Gasteiger partial charge in [-0.05, 0) is 219 Å². The number of ether oxygens (including phenoxy) is 1. The zero-order valence-corrected chi connectivity index (χ0v) is 80.3. The molecule has 0 bridgehead atoms. The summed E-state index contributed by atoms with van der Waals surface area (Å²) in [6.07, 6.45) is 93.3. The van der Waals surface area contributed by atoms with Gasteiger partial charge in [-0.15, -0.1) is 0 Å². The second-order valence-corrected chi connectivity index (χ2v) is 33.5. The predicted octanol–water partition coefficient (Wildman–Crippen LogP) is 33.7. The third-order valence-electron chi connectivity index (χ3n) is 20.9. The first kappa shape index (κ1) is 123. The average Bonchev–Trinajstić information content (AvgIpc) is 0.864. The smallest absolute Gasteiger partial charge is 0.163 e. The van der Waals surface area contributed by atoms with Crippen molar-refractivity contribution in [3.05, 3.63) is 102 Å². The van der Waals surface area contributed by atoms with E-state index < -0.39 is 0 Å². The van der Waals surface area contributed by atoms with Gasteiger partial charge < -0.3 is 38.9 Å². The van der Waals surface area contributed by atoms with Gasteiger partial charge >= 0.3 is 0 Å². The molecule has 0 amide bonds. The van der Waals surface area contributed by atoms with Gasteiger partial charge in [-0.3, -0.25) is 14.4 Å².